The molecule has 0 amide bonds. The predicted molar refractivity (Wildman–Crippen MR) is 71.9 cm³/mol. The Bertz CT molecular complexity index is 649. The van der Waals surface area contributed by atoms with Gasteiger partial charge in [-0.15, -0.1) is 0 Å². The zero-order valence-corrected chi connectivity index (χ0v) is 12.9. The second kappa shape index (κ2) is 7.28. The maximum atomic E-state index is 13.5. The molecule has 1 N–H and O–H groups in total. The van der Waals surface area contributed by atoms with Crippen molar-refractivity contribution in [1.29, 1.82) is 0 Å². The fourth-order valence-electron chi connectivity index (χ4n) is 1.84. The quantitative estimate of drug-likeness (QED) is 0.578. The Labute approximate surface area is 145 Å². The SMILES string of the molecule is OC(CC=Cc1ccccc1)C(F)(F)C(F)(F)C(F)(F)C(F)(F)C(F)(F)F. The van der Waals surface area contributed by atoms with Crippen molar-refractivity contribution in [3.8, 4) is 0 Å². The molecule has 0 aliphatic heterocycles. The average Bonchev–Trinajstić information content (AvgIpc) is 2.54. The third-order valence-corrected chi connectivity index (χ3v) is 3.45. The van der Waals surface area contributed by atoms with Crippen molar-refractivity contribution >= 4 is 6.08 Å². The topological polar surface area (TPSA) is 20.2 Å². The lowest BCUT2D eigenvalue weighted by molar-refractivity contribution is -0.428. The van der Waals surface area contributed by atoms with Gasteiger partial charge in [-0.25, -0.2) is 0 Å². The van der Waals surface area contributed by atoms with Crippen LogP contribution in [0.4, 0.5) is 48.3 Å². The first-order chi connectivity index (χ1) is 12.0. The lowest BCUT2D eigenvalue weighted by atomic mass is 9.93. The molecule has 154 valence electrons. The summed E-state index contributed by atoms with van der Waals surface area (Å²) in [6, 6.07) is 7.35. The Kier molecular flexibility index (Phi) is 6.26. The van der Waals surface area contributed by atoms with E-state index in [0.717, 1.165) is 6.08 Å². The molecule has 0 saturated carbocycles. The molecule has 0 saturated heterocycles. The van der Waals surface area contributed by atoms with E-state index in [2.05, 4.69) is 0 Å². The summed E-state index contributed by atoms with van der Waals surface area (Å²) in [5.41, 5.74) is 0.328. The van der Waals surface area contributed by atoms with Crippen molar-refractivity contribution in [2.45, 2.75) is 42.4 Å². The fourth-order valence-corrected chi connectivity index (χ4v) is 1.84. The molecule has 1 nitrogen and oxygen atoms in total. The smallest absolute Gasteiger partial charge is 0.386 e. The van der Waals surface area contributed by atoms with Gasteiger partial charge in [-0.05, 0) is 12.0 Å². The summed E-state index contributed by atoms with van der Waals surface area (Å²) in [6.07, 6.45) is -10.7. The minimum absolute atomic E-state index is 0.328. The van der Waals surface area contributed by atoms with Gasteiger partial charge < -0.3 is 5.11 Å². The van der Waals surface area contributed by atoms with Crippen molar-refractivity contribution < 1.29 is 53.4 Å². The lowest BCUT2D eigenvalue weighted by Crippen LogP contribution is -2.68. The van der Waals surface area contributed by atoms with Gasteiger partial charge in [0.05, 0.1) is 0 Å². The van der Waals surface area contributed by atoms with Crippen molar-refractivity contribution in [2.75, 3.05) is 0 Å². The Morgan fingerprint density at radius 1 is 0.741 bits per heavy atom. The van der Waals surface area contributed by atoms with Gasteiger partial charge >= 0.3 is 29.9 Å². The Morgan fingerprint density at radius 3 is 1.67 bits per heavy atom. The lowest BCUT2D eigenvalue weighted by Gasteiger charge is -2.38. The first kappa shape index (κ1) is 23.2. The predicted octanol–water partition coefficient (Wildman–Crippen LogP) is 5.55. The zero-order chi connectivity index (χ0) is 21.3. The minimum atomic E-state index is -7.52. The third-order valence-electron chi connectivity index (χ3n) is 3.45. The van der Waals surface area contributed by atoms with Crippen LogP contribution in [0.3, 0.4) is 0 Å². The maximum Gasteiger partial charge on any atom is 0.460 e. The van der Waals surface area contributed by atoms with Crippen molar-refractivity contribution in [3.63, 3.8) is 0 Å². The Balaban J connectivity index is 3.09. The molecular formula is C15H11F11O. The van der Waals surface area contributed by atoms with E-state index in [1.807, 2.05) is 0 Å². The number of hydrogen-bond donors (Lipinski definition) is 1. The molecule has 12 heteroatoms. The second-order valence-corrected chi connectivity index (χ2v) is 5.41. The third kappa shape index (κ3) is 4.04. The number of aliphatic hydroxyl groups excluding tert-OH is 1. The van der Waals surface area contributed by atoms with E-state index in [4.69, 9.17) is 5.11 Å². The van der Waals surface area contributed by atoms with Crippen LogP contribution in [0.25, 0.3) is 6.08 Å². The van der Waals surface area contributed by atoms with Crippen LogP contribution in [0.1, 0.15) is 12.0 Å². The number of halogens is 11. The normalized spacial score (nSPS) is 16.0. The molecule has 0 radical (unpaired) electrons. The minimum Gasteiger partial charge on any atom is -0.386 e. The number of hydrogen-bond acceptors (Lipinski definition) is 1. The summed E-state index contributed by atoms with van der Waals surface area (Å²) in [6.45, 7) is 0. The molecule has 1 aromatic carbocycles. The van der Waals surface area contributed by atoms with Gasteiger partial charge in [-0.2, -0.15) is 48.3 Å². The first-order valence-corrected chi connectivity index (χ1v) is 6.97. The highest BCUT2D eigenvalue weighted by Crippen LogP contribution is 2.58. The fraction of sp³-hybridized carbons (Fsp3) is 0.467. The van der Waals surface area contributed by atoms with Crippen molar-refractivity contribution in [1.82, 2.24) is 0 Å². The van der Waals surface area contributed by atoms with Crippen molar-refractivity contribution in [2.24, 2.45) is 0 Å². The van der Waals surface area contributed by atoms with Crippen LogP contribution < -0.4 is 0 Å². The highest BCUT2D eigenvalue weighted by molar-refractivity contribution is 5.48. The van der Waals surface area contributed by atoms with E-state index in [1.54, 1.807) is 6.07 Å². The summed E-state index contributed by atoms with van der Waals surface area (Å²) in [7, 11) is 0. The summed E-state index contributed by atoms with van der Waals surface area (Å²) in [5.74, 6) is -28.5. The van der Waals surface area contributed by atoms with Gasteiger partial charge in [-0.1, -0.05) is 42.5 Å². The number of benzene rings is 1. The highest BCUT2D eigenvalue weighted by Gasteiger charge is 2.87. The van der Waals surface area contributed by atoms with E-state index in [1.165, 1.54) is 24.3 Å². The van der Waals surface area contributed by atoms with Crippen LogP contribution in [-0.4, -0.2) is 41.1 Å². The average molecular weight is 416 g/mol. The molecule has 1 rings (SSSR count). The van der Waals surface area contributed by atoms with Crippen LogP contribution >= 0.6 is 0 Å². The van der Waals surface area contributed by atoms with Gasteiger partial charge in [0, 0.05) is 0 Å². The largest absolute Gasteiger partial charge is 0.460 e. The molecule has 0 aromatic heterocycles. The van der Waals surface area contributed by atoms with Crippen LogP contribution in [-0.2, 0) is 0 Å². The van der Waals surface area contributed by atoms with E-state index in [-0.39, 0.29) is 0 Å². The van der Waals surface area contributed by atoms with Gasteiger partial charge in [0.2, 0.25) is 0 Å². The summed E-state index contributed by atoms with van der Waals surface area (Å²) >= 11 is 0. The molecule has 0 spiro atoms. The summed E-state index contributed by atoms with van der Waals surface area (Å²) in [5, 5.41) is 9.08. The van der Waals surface area contributed by atoms with E-state index >= 15 is 0 Å². The van der Waals surface area contributed by atoms with Gasteiger partial charge in [0.25, 0.3) is 0 Å². The van der Waals surface area contributed by atoms with Crippen LogP contribution in [0, 0.1) is 0 Å². The van der Waals surface area contributed by atoms with Crippen LogP contribution in [0.2, 0.25) is 0 Å². The highest BCUT2D eigenvalue weighted by atomic mass is 19.4. The van der Waals surface area contributed by atoms with Gasteiger partial charge in [0.15, 0.2) is 0 Å². The van der Waals surface area contributed by atoms with Crippen LogP contribution in [0.5, 0.6) is 0 Å². The monoisotopic (exact) mass is 416 g/mol. The van der Waals surface area contributed by atoms with E-state index in [0.29, 0.717) is 11.6 Å². The van der Waals surface area contributed by atoms with E-state index in [9.17, 15) is 48.3 Å². The van der Waals surface area contributed by atoms with E-state index < -0.39 is 42.4 Å². The van der Waals surface area contributed by atoms with Crippen molar-refractivity contribution in [3.05, 3.63) is 42.0 Å². The molecule has 1 atom stereocenters. The van der Waals surface area contributed by atoms with Gasteiger partial charge in [0.1, 0.15) is 6.10 Å². The molecule has 0 aliphatic rings. The molecule has 0 fully saturated rings. The first-order valence-electron chi connectivity index (χ1n) is 6.97. The molecule has 0 aliphatic carbocycles. The molecule has 0 bridgehead atoms. The number of alkyl halides is 11. The molecule has 1 unspecified atom stereocenters. The molecule has 0 heterocycles. The number of rotatable bonds is 7. The summed E-state index contributed by atoms with van der Waals surface area (Å²) < 4.78 is 141. The molecular weight excluding hydrogens is 405 g/mol. The number of aliphatic hydroxyl groups is 1. The van der Waals surface area contributed by atoms with Gasteiger partial charge in [-0.3, -0.25) is 0 Å². The van der Waals surface area contributed by atoms with Crippen LogP contribution in [0.15, 0.2) is 36.4 Å². The Hall–Kier alpha value is -1.85. The second-order valence-electron chi connectivity index (χ2n) is 5.41. The Morgan fingerprint density at radius 2 is 1.22 bits per heavy atom. The zero-order valence-electron chi connectivity index (χ0n) is 12.9. The molecule has 27 heavy (non-hydrogen) atoms. The molecule has 1 aromatic rings. The maximum absolute atomic E-state index is 13.5. The summed E-state index contributed by atoms with van der Waals surface area (Å²) in [4.78, 5) is 0. The standard InChI is InChI=1S/C15H11F11O/c16-11(17,10(27)8-4-7-9-5-2-1-3-6-9)12(18,19)13(20,21)14(22,23)15(24,25)26/h1-7,10,27H,8H2.